The van der Waals surface area contributed by atoms with Crippen LogP contribution in [0.25, 0.3) is 5.57 Å². The van der Waals surface area contributed by atoms with Gasteiger partial charge in [-0.3, -0.25) is 4.55 Å². The van der Waals surface area contributed by atoms with Gasteiger partial charge in [0.2, 0.25) is 6.10 Å². The van der Waals surface area contributed by atoms with E-state index in [1.54, 1.807) is 64.2 Å². The summed E-state index contributed by atoms with van der Waals surface area (Å²) in [6, 6.07) is 3.15. The van der Waals surface area contributed by atoms with Gasteiger partial charge in [-0.2, -0.15) is 30.4 Å². The quantitative estimate of drug-likeness (QED) is 0.284. The smallest absolute Gasteiger partial charge is 0.357 e. The van der Waals surface area contributed by atoms with E-state index in [9.17, 15) is 30.4 Å². The van der Waals surface area contributed by atoms with E-state index in [0.29, 0.717) is 18.3 Å². The molecule has 0 heterocycles. The molecule has 0 aliphatic carbocycles. The van der Waals surface area contributed by atoms with E-state index in [1.165, 1.54) is 0 Å². The highest BCUT2D eigenvalue weighted by Gasteiger charge is 2.64. The Labute approximate surface area is 167 Å². The van der Waals surface area contributed by atoms with Crippen LogP contribution in [0.5, 0.6) is 0 Å². The van der Waals surface area contributed by atoms with Crippen LogP contribution in [0, 0.1) is 7.14 Å². The molecular formula is C13H11F5I2O4S. The van der Waals surface area contributed by atoms with Crippen molar-refractivity contribution in [3.05, 3.63) is 37.0 Å². The summed E-state index contributed by atoms with van der Waals surface area (Å²) in [5.74, 6) is 0. The minimum absolute atomic E-state index is 0.173. The second-order valence-electron chi connectivity index (χ2n) is 4.97. The minimum Gasteiger partial charge on any atom is -0.357 e. The Morgan fingerprint density at radius 1 is 1.24 bits per heavy atom. The lowest BCUT2D eigenvalue weighted by Crippen LogP contribution is -2.51. The fourth-order valence-electron chi connectivity index (χ4n) is 1.67. The number of allylic oxidation sites excluding steroid dienone is 1. The molecule has 0 amide bonds. The minimum atomic E-state index is -6.32. The SMILES string of the molecule is C=C(C)c1cc(I)c(COC(C(F)(F)F)C(F)(F)S(=O)(=O)O)c(I)c1. The third-order valence-electron chi connectivity index (χ3n) is 2.97. The maximum atomic E-state index is 13.5. The molecule has 1 rings (SSSR count). The van der Waals surface area contributed by atoms with Crippen molar-refractivity contribution in [3.8, 4) is 0 Å². The Hall–Kier alpha value is -0.0600. The molecule has 0 aromatic heterocycles. The number of benzene rings is 1. The van der Waals surface area contributed by atoms with E-state index >= 15 is 0 Å². The van der Waals surface area contributed by atoms with E-state index in [-0.39, 0.29) is 5.56 Å². The predicted octanol–water partition coefficient (Wildman–Crippen LogP) is 4.86. The third kappa shape index (κ3) is 5.46. The molecule has 142 valence electrons. The summed E-state index contributed by atoms with van der Waals surface area (Å²) in [5, 5.41) is -5.54. The number of hydrogen-bond acceptors (Lipinski definition) is 3. The first-order valence-electron chi connectivity index (χ1n) is 6.26. The standard InChI is InChI=1S/C13H11F5I2O4S/c1-6(2)7-3-9(19)8(10(20)4-7)5-24-11(12(14,15)16)13(17,18)25(21,22)23/h3-4,11H,1,5H2,2H3,(H,21,22,23). The molecule has 1 aromatic carbocycles. The Kier molecular flexibility index (Phi) is 7.26. The average molecular weight is 612 g/mol. The average Bonchev–Trinajstić information content (AvgIpc) is 2.38. The normalized spacial score (nSPS) is 14.4. The molecular weight excluding hydrogens is 601 g/mol. The van der Waals surface area contributed by atoms with Gasteiger partial charge in [-0.05, 0) is 69.8 Å². The van der Waals surface area contributed by atoms with E-state index in [2.05, 4.69) is 11.3 Å². The lowest BCUT2D eigenvalue weighted by atomic mass is 10.1. The summed E-state index contributed by atoms with van der Waals surface area (Å²) in [7, 11) is -6.32. The van der Waals surface area contributed by atoms with Gasteiger partial charge in [0.25, 0.3) is 0 Å². The van der Waals surface area contributed by atoms with Crippen LogP contribution in [0.15, 0.2) is 18.7 Å². The molecule has 1 unspecified atom stereocenters. The highest BCUT2D eigenvalue weighted by Crippen LogP contribution is 2.39. The molecule has 0 saturated carbocycles. The highest BCUT2D eigenvalue weighted by atomic mass is 127. The molecule has 1 N–H and O–H groups in total. The van der Waals surface area contributed by atoms with Crippen LogP contribution in [-0.4, -0.2) is 30.5 Å². The van der Waals surface area contributed by atoms with Gasteiger partial charge in [0.15, 0.2) is 0 Å². The van der Waals surface area contributed by atoms with Crippen molar-refractivity contribution < 1.29 is 39.7 Å². The zero-order valence-corrected chi connectivity index (χ0v) is 17.5. The highest BCUT2D eigenvalue weighted by molar-refractivity contribution is 14.1. The topological polar surface area (TPSA) is 63.6 Å². The van der Waals surface area contributed by atoms with Crippen molar-refractivity contribution in [2.75, 3.05) is 0 Å². The van der Waals surface area contributed by atoms with Gasteiger partial charge in [-0.25, -0.2) is 0 Å². The fourth-order valence-corrected chi connectivity index (χ4v) is 4.22. The van der Waals surface area contributed by atoms with Gasteiger partial charge in [0, 0.05) is 12.7 Å². The maximum absolute atomic E-state index is 13.5. The number of rotatable bonds is 6. The maximum Gasteiger partial charge on any atom is 0.421 e. The second-order valence-corrected chi connectivity index (χ2v) is 8.79. The molecule has 0 aliphatic heterocycles. The van der Waals surface area contributed by atoms with Crippen LogP contribution >= 0.6 is 45.2 Å². The molecule has 4 nitrogen and oxygen atoms in total. The molecule has 12 heteroatoms. The molecule has 0 fully saturated rings. The van der Waals surface area contributed by atoms with Gasteiger partial charge in [0.05, 0.1) is 6.61 Å². The number of ether oxygens (including phenoxy) is 1. The lowest BCUT2D eigenvalue weighted by Gasteiger charge is -2.26. The van der Waals surface area contributed by atoms with Crippen LogP contribution in [0.1, 0.15) is 18.1 Å². The van der Waals surface area contributed by atoms with E-state index in [4.69, 9.17) is 4.55 Å². The zero-order chi connectivity index (χ0) is 19.8. The molecule has 0 aliphatic rings. The van der Waals surface area contributed by atoms with Crippen molar-refractivity contribution in [2.45, 2.75) is 31.1 Å². The molecule has 1 atom stereocenters. The first-order chi connectivity index (χ1) is 11.1. The summed E-state index contributed by atoms with van der Waals surface area (Å²) in [5.41, 5.74) is 1.56. The Morgan fingerprint density at radius 3 is 2.00 bits per heavy atom. The molecule has 0 spiro atoms. The Morgan fingerprint density at radius 2 is 1.68 bits per heavy atom. The fraction of sp³-hybridized carbons (Fsp3) is 0.385. The van der Waals surface area contributed by atoms with Crippen molar-refractivity contribution >= 4 is 60.9 Å². The van der Waals surface area contributed by atoms with E-state index in [0.717, 1.165) is 0 Å². The Balaban J connectivity index is 3.21. The van der Waals surface area contributed by atoms with Gasteiger partial charge in [0.1, 0.15) is 0 Å². The van der Waals surface area contributed by atoms with Crippen molar-refractivity contribution in [2.24, 2.45) is 0 Å². The third-order valence-corrected chi connectivity index (χ3v) is 5.80. The van der Waals surface area contributed by atoms with Crippen molar-refractivity contribution in [3.63, 3.8) is 0 Å². The van der Waals surface area contributed by atoms with Gasteiger partial charge >= 0.3 is 21.5 Å². The van der Waals surface area contributed by atoms with Crippen LogP contribution in [-0.2, 0) is 21.5 Å². The van der Waals surface area contributed by atoms with Crippen molar-refractivity contribution in [1.29, 1.82) is 0 Å². The predicted molar refractivity (Wildman–Crippen MR) is 97.7 cm³/mol. The van der Waals surface area contributed by atoms with E-state index < -0.39 is 34.3 Å². The number of hydrogen-bond donors (Lipinski definition) is 1. The summed E-state index contributed by atoms with van der Waals surface area (Å²) in [4.78, 5) is 0. The van der Waals surface area contributed by atoms with Crippen LogP contribution < -0.4 is 0 Å². The molecule has 25 heavy (non-hydrogen) atoms. The monoisotopic (exact) mass is 612 g/mol. The van der Waals surface area contributed by atoms with Gasteiger partial charge < -0.3 is 4.74 Å². The van der Waals surface area contributed by atoms with E-state index in [1.807, 2.05) is 0 Å². The Bertz CT molecular complexity index is 754. The molecule has 1 aromatic rings. The van der Waals surface area contributed by atoms with Gasteiger partial charge in [-0.15, -0.1) is 0 Å². The first kappa shape index (κ1) is 23.0. The zero-order valence-electron chi connectivity index (χ0n) is 12.4. The van der Waals surface area contributed by atoms with Crippen molar-refractivity contribution in [1.82, 2.24) is 0 Å². The molecule has 0 bridgehead atoms. The largest absolute Gasteiger partial charge is 0.421 e. The van der Waals surface area contributed by atoms with Crippen LogP contribution in [0.2, 0.25) is 0 Å². The summed E-state index contributed by atoms with van der Waals surface area (Å²) < 4.78 is 100. The molecule has 0 saturated heterocycles. The van der Waals surface area contributed by atoms with Crippen LogP contribution in [0.4, 0.5) is 22.0 Å². The number of halogens is 7. The van der Waals surface area contributed by atoms with Gasteiger partial charge in [-0.1, -0.05) is 12.2 Å². The summed E-state index contributed by atoms with van der Waals surface area (Å²) >= 11 is 3.57. The molecule has 0 radical (unpaired) electrons. The number of alkyl halides is 5. The second kappa shape index (κ2) is 7.90. The summed E-state index contributed by atoms with van der Waals surface area (Å²) in [6.07, 6.45) is -9.73. The van der Waals surface area contributed by atoms with Crippen LogP contribution in [0.3, 0.4) is 0 Å². The lowest BCUT2D eigenvalue weighted by molar-refractivity contribution is -0.268. The first-order valence-corrected chi connectivity index (χ1v) is 9.85. The summed E-state index contributed by atoms with van der Waals surface area (Å²) in [6.45, 7) is 4.51.